The van der Waals surface area contributed by atoms with Crippen LogP contribution in [-0.2, 0) is 24.4 Å². The third kappa shape index (κ3) is 2.80. The molecule has 7 heteroatoms. The summed E-state index contributed by atoms with van der Waals surface area (Å²) in [7, 11) is 0. The Morgan fingerprint density at radius 1 is 1.12 bits per heavy atom. The first-order valence-corrected chi connectivity index (χ1v) is 8.06. The van der Waals surface area contributed by atoms with E-state index in [9.17, 15) is 4.79 Å². The van der Waals surface area contributed by atoms with Crippen LogP contribution in [0.15, 0.2) is 42.5 Å². The summed E-state index contributed by atoms with van der Waals surface area (Å²) in [4.78, 5) is 22.8. The van der Waals surface area contributed by atoms with Crippen molar-refractivity contribution in [1.29, 1.82) is 0 Å². The molecule has 0 bridgehead atoms. The number of hydrogen-bond acceptors (Lipinski definition) is 4. The molecule has 1 aliphatic heterocycles. The Bertz CT molecular complexity index is 894. The Morgan fingerprint density at radius 2 is 1.96 bits per heavy atom. The van der Waals surface area contributed by atoms with E-state index in [4.69, 9.17) is 16.3 Å². The van der Waals surface area contributed by atoms with Crippen LogP contribution in [0.5, 0.6) is 0 Å². The first-order chi connectivity index (χ1) is 11.7. The summed E-state index contributed by atoms with van der Waals surface area (Å²) in [5.74, 6) is 0.794. The first-order valence-electron chi connectivity index (χ1n) is 7.68. The molecule has 0 aliphatic carbocycles. The van der Waals surface area contributed by atoms with Crippen molar-refractivity contribution in [2.24, 2.45) is 0 Å². The Balaban J connectivity index is 1.47. The summed E-state index contributed by atoms with van der Waals surface area (Å²) in [5, 5.41) is 0.440. The molecule has 0 saturated heterocycles. The highest BCUT2D eigenvalue weighted by Gasteiger charge is 2.25. The SMILES string of the molecule is O=C(OCc1ccccc1)N1CCn2c(nc3ccc(Cl)nc32)C1. The molecule has 3 aromatic rings. The van der Waals surface area contributed by atoms with Crippen molar-refractivity contribution >= 4 is 28.9 Å². The average Bonchev–Trinajstić information content (AvgIpc) is 2.97. The molecule has 1 aliphatic rings. The molecule has 24 heavy (non-hydrogen) atoms. The first kappa shape index (κ1) is 15.0. The van der Waals surface area contributed by atoms with Crippen molar-refractivity contribution < 1.29 is 9.53 Å². The smallest absolute Gasteiger partial charge is 0.410 e. The van der Waals surface area contributed by atoms with Gasteiger partial charge >= 0.3 is 6.09 Å². The quantitative estimate of drug-likeness (QED) is 0.671. The van der Waals surface area contributed by atoms with Crippen LogP contribution < -0.4 is 0 Å². The molecule has 0 fully saturated rings. The highest BCUT2D eigenvalue weighted by molar-refractivity contribution is 6.29. The van der Waals surface area contributed by atoms with E-state index in [1.807, 2.05) is 41.0 Å². The number of fused-ring (bicyclic) bond motifs is 3. The van der Waals surface area contributed by atoms with Gasteiger partial charge in [-0.2, -0.15) is 0 Å². The Morgan fingerprint density at radius 3 is 2.79 bits per heavy atom. The van der Waals surface area contributed by atoms with Gasteiger partial charge in [-0.1, -0.05) is 41.9 Å². The highest BCUT2D eigenvalue weighted by atomic mass is 35.5. The van der Waals surface area contributed by atoms with Gasteiger partial charge in [0.1, 0.15) is 23.1 Å². The lowest BCUT2D eigenvalue weighted by atomic mass is 10.2. The molecule has 6 nitrogen and oxygen atoms in total. The number of nitrogens with zero attached hydrogens (tertiary/aromatic N) is 4. The summed E-state index contributed by atoms with van der Waals surface area (Å²) in [6, 6.07) is 13.2. The Labute approximate surface area is 143 Å². The lowest BCUT2D eigenvalue weighted by Crippen LogP contribution is -2.38. The zero-order valence-electron chi connectivity index (χ0n) is 12.9. The fraction of sp³-hybridized carbons (Fsp3) is 0.235. The van der Waals surface area contributed by atoms with Crippen molar-refractivity contribution in [3.63, 3.8) is 0 Å². The number of carbonyl (C=O) groups is 1. The lowest BCUT2D eigenvalue weighted by molar-refractivity contribution is 0.0864. The number of pyridine rings is 1. The molecule has 0 saturated carbocycles. The second-order valence-corrected chi connectivity index (χ2v) is 6.01. The molecule has 0 N–H and O–H groups in total. The van der Waals surface area contributed by atoms with Gasteiger partial charge in [0.2, 0.25) is 0 Å². The van der Waals surface area contributed by atoms with E-state index in [-0.39, 0.29) is 12.7 Å². The molecule has 0 radical (unpaired) electrons. The molecule has 2 aromatic heterocycles. The van der Waals surface area contributed by atoms with Gasteiger partial charge in [-0.15, -0.1) is 0 Å². The number of halogens is 1. The maximum Gasteiger partial charge on any atom is 0.410 e. The molecule has 1 amide bonds. The fourth-order valence-corrected chi connectivity index (χ4v) is 2.96. The molecular formula is C17H15ClN4O2. The number of hydrogen-bond donors (Lipinski definition) is 0. The van der Waals surface area contributed by atoms with Crippen LogP contribution in [0, 0.1) is 0 Å². The second kappa shape index (κ2) is 6.13. The minimum Gasteiger partial charge on any atom is -0.445 e. The van der Waals surface area contributed by atoms with Crippen molar-refractivity contribution in [2.45, 2.75) is 19.7 Å². The predicted octanol–water partition coefficient (Wildman–Crippen LogP) is 3.24. The maximum absolute atomic E-state index is 12.3. The van der Waals surface area contributed by atoms with Crippen LogP contribution in [-0.4, -0.2) is 32.1 Å². The van der Waals surface area contributed by atoms with Gasteiger partial charge < -0.3 is 9.30 Å². The van der Waals surface area contributed by atoms with E-state index in [1.54, 1.807) is 11.0 Å². The van der Waals surface area contributed by atoms with Crippen molar-refractivity contribution in [1.82, 2.24) is 19.4 Å². The second-order valence-electron chi connectivity index (χ2n) is 5.62. The van der Waals surface area contributed by atoms with Gasteiger partial charge in [-0.05, 0) is 17.7 Å². The summed E-state index contributed by atoms with van der Waals surface area (Å²) in [5.41, 5.74) is 2.51. The number of amides is 1. The summed E-state index contributed by atoms with van der Waals surface area (Å²) in [6.45, 7) is 1.85. The van der Waals surface area contributed by atoms with Crippen LogP contribution in [0.4, 0.5) is 4.79 Å². The van der Waals surface area contributed by atoms with Crippen LogP contribution in [0.1, 0.15) is 11.4 Å². The Kier molecular flexibility index (Phi) is 3.82. The number of ether oxygens (including phenoxy) is 1. The van der Waals surface area contributed by atoms with Crippen LogP contribution in [0.2, 0.25) is 5.15 Å². The zero-order chi connectivity index (χ0) is 16.5. The van der Waals surface area contributed by atoms with Gasteiger partial charge in [0, 0.05) is 13.1 Å². The number of aromatic nitrogens is 3. The summed E-state index contributed by atoms with van der Waals surface area (Å²) >= 11 is 5.96. The molecular weight excluding hydrogens is 328 g/mol. The van der Waals surface area contributed by atoms with E-state index in [1.165, 1.54) is 0 Å². The zero-order valence-corrected chi connectivity index (χ0v) is 13.6. The average molecular weight is 343 g/mol. The number of carbonyl (C=O) groups excluding carboxylic acids is 1. The van der Waals surface area contributed by atoms with Crippen molar-refractivity contribution in [3.8, 4) is 0 Å². The van der Waals surface area contributed by atoms with E-state index in [2.05, 4.69) is 9.97 Å². The van der Waals surface area contributed by atoms with Gasteiger partial charge in [0.15, 0.2) is 5.65 Å². The third-order valence-corrected chi connectivity index (χ3v) is 4.24. The minimum atomic E-state index is -0.330. The van der Waals surface area contributed by atoms with Crippen LogP contribution in [0.3, 0.4) is 0 Å². The van der Waals surface area contributed by atoms with Gasteiger partial charge in [-0.3, -0.25) is 4.90 Å². The standard InChI is InChI=1S/C17H15ClN4O2/c18-14-7-6-13-16(20-14)22-9-8-21(10-15(22)19-13)17(23)24-11-12-4-2-1-3-5-12/h1-7H,8-11H2. The molecule has 122 valence electrons. The summed E-state index contributed by atoms with van der Waals surface area (Å²) < 4.78 is 7.39. The third-order valence-electron chi connectivity index (χ3n) is 4.03. The van der Waals surface area contributed by atoms with Crippen molar-refractivity contribution in [3.05, 3.63) is 59.0 Å². The van der Waals surface area contributed by atoms with Gasteiger partial charge in [-0.25, -0.2) is 14.8 Å². The number of benzene rings is 1. The molecule has 3 heterocycles. The number of imidazole rings is 1. The van der Waals surface area contributed by atoms with E-state index in [0.29, 0.717) is 24.8 Å². The molecule has 4 rings (SSSR count). The molecule has 0 atom stereocenters. The molecule has 1 aromatic carbocycles. The highest BCUT2D eigenvalue weighted by Crippen LogP contribution is 2.21. The van der Waals surface area contributed by atoms with E-state index in [0.717, 1.165) is 22.6 Å². The van der Waals surface area contributed by atoms with Gasteiger partial charge in [0.05, 0.1) is 6.54 Å². The maximum atomic E-state index is 12.3. The topological polar surface area (TPSA) is 60.2 Å². The summed E-state index contributed by atoms with van der Waals surface area (Å²) in [6.07, 6.45) is -0.330. The fourth-order valence-electron chi connectivity index (χ4n) is 2.82. The predicted molar refractivity (Wildman–Crippen MR) is 89.6 cm³/mol. The molecule has 0 unspecified atom stereocenters. The van der Waals surface area contributed by atoms with E-state index >= 15 is 0 Å². The van der Waals surface area contributed by atoms with Gasteiger partial charge in [0.25, 0.3) is 0 Å². The minimum absolute atomic E-state index is 0.268. The number of rotatable bonds is 2. The largest absolute Gasteiger partial charge is 0.445 e. The van der Waals surface area contributed by atoms with Crippen LogP contribution in [0.25, 0.3) is 11.2 Å². The molecule has 0 spiro atoms. The monoisotopic (exact) mass is 342 g/mol. The van der Waals surface area contributed by atoms with Crippen molar-refractivity contribution in [2.75, 3.05) is 6.54 Å². The van der Waals surface area contributed by atoms with E-state index < -0.39 is 0 Å². The van der Waals surface area contributed by atoms with Crippen LogP contribution >= 0.6 is 11.6 Å². The normalized spacial score (nSPS) is 13.8. The lowest BCUT2D eigenvalue weighted by Gasteiger charge is -2.27. The Hall–Kier alpha value is -2.60.